The molecule has 0 saturated carbocycles. The van der Waals surface area contributed by atoms with E-state index in [2.05, 4.69) is 20.3 Å². The highest BCUT2D eigenvalue weighted by molar-refractivity contribution is 6.31. The molecule has 1 fully saturated rings. The van der Waals surface area contributed by atoms with Crippen LogP contribution in [0, 0.1) is 5.82 Å². The Labute approximate surface area is 186 Å². The average Bonchev–Trinajstić information content (AvgIpc) is 3.07. The Kier molecular flexibility index (Phi) is 6.03. The van der Waals surface area contributed by atoms with Crippen LogP contribution in [0.2, 0.25) is 5.02 Å². The van der Waals surface area contributed by atoms with Crippen LogP contribution in [0.25, 0.3) is 22.3 Å². The maximum atomic E-state index is 13.8. The second-order valence-electron chi connectivity index (χ2n) is 9.02. The molecule has 0 aliphatic carbocycles. The summed E-state index contributed by atoms with van der Waals surface area (Å²) in [6.07, 6.45) is 3.81. The lowest BCUT2D eigenvalue weighted by atomic mass is 10.1. The van der Waals surface area contributed by atoms with Crippen molar-refractivity contribution in [3.8, 4) is 11.3 Å². The Morgan fingerprint density at radius 2 is 1.90 bits per heavy atom. The third-order valence-electron chi connectivity index (χ3n) is 5.56. The summed E-state index contributed by atoms with van der Waals surface area (Å²) in [7, 11) is 0. The fourth-order valence-corrected chi connectivity index (χ4v) is 4.14. The van der Waals surface area contributed by atoms with E-state index >= 15 is 0 Å². The lowest BCUT2D eigenvalue weighted by Crippen LogP contribution is -2.33. The van der Waals surface area contributed by atoms with Crippen LogP contribution in [0.4, 0.5) is 16.2 Å². The number of likely N-dealkylation sites (tertiary alicyclic amines) is 1. The number of fused-ring (bicyclic) bond motifs is 1. The molecular formula is C22H29ClFN7. The molecule has 0 atom stereocenters. The second kappa shape index (κ2) is 8.59. The monoisotopic (exact) mass is 445 g/mol. The van der Waals surface area contributed by atoms with Gasteiger partial charge in [-0.3, -0.25) is 0 Å². The molecule has 2 aromatic heterocycles. The minimum Gasteiger partial charge on any atom is -0.383 e. The molecule has 31 heavy (non-hydrogen) atoms. The third kappa shape index (κ3) is 4.60. The summed E-state index contributed by atoms with van der Waals surface area (Å²) < 4.78 is 15.5. The number of benzene rings is 1. The Bertz CT molecular complexity index is 1080. The molecule has 0 amide bonds. The number of piperidine rings is 1. The Morgan fingerprint density at radius 3 is 2.58 bits per heavy atom. The zero-order valence-electron chi connectivity index (χ0n) is 18.3. The highest BCUT2D eigenvalue weighted by atomic mass is 35.5. The number of aromatic nitrogens is 4. The van der Waals surface area contributed by atoms with Crippen molar-refractivity contribution in [3.63, 3.8) is 0 Å². The van der Waals surface area contributed by atoms with Gasteiger partial charge in [-0.1, -0.05) is 18.0 Å². The first-order valence-corrected chi connectivity index (χ1v) is 11.1. The molecule has 166 valence electrons. The average molecular weight is 446 g/mol. The summed E-state index contributed by atoms with van der Waals surface area (Å²) in [6, 6.07) is 4.54. The summed E-state index contributed by atoms with van der Waals surface area (Å²) in [4.78, 5) is 11.8. The Balaban J connectivity index is 1.72. The summed E-state index contributed by atoms with van der Waals surface area (Å²) in [6.45, 7) is 9.99. The molecule has 1 saturated heterocycles. The standard InChI is InChI=1S/C22H29ClFN7/c1-22(2,3)31-19(25)17-18(14-7-8-16(24)15(23)13-14)27-21(28-20(17)29-31)26-9-12-30-10-5-4-6-11-30/h7-8,13H,4-6,9-12,25H2,1-3H3,(H,26,28,29). The van der Waals surface area contributed by atoms with Gasteiger partial charge in [0, 0.05) is 18.7 Å². The van der Waals surface area contributed by atoms with Crippen LogP contribution in [0.15, 0.2) is 18.2 Å². The van der Waals surface area contributed by atoms with Gasteiger partial charge in [-0.15, -0.1) is 5.10 Å². The van der Waals surface area contributed by atoms with Gasteiger partial charge in [-0.25, -0.2) is 14.1 Å². The van der Waals surface area contributed by atoms with Gasteiger partial charge in [0.2, 0.25) is 5.95 Å². The normalized spacial score (nSPS) is 15.5. The predicted octanol–water partition coefficient (Wildman–Crippen LogP) is 4.52. The number of nitrogens with one attached hydrogen (secondary N) is 1. The molecule has 1 aliphatic heterocycles. The molecule has 3 aromatic rings. The number of rotatable bonds is 5. The van der Waals surface area contributed by atoms with Gasteiger partial charge in [-0.05, 0) is 64.9 Å². The molecule has 3 heterocycles. The van der Waals surface area contributed by atoms with Crippen molar-refractivity contribution in [3.05, 3.63) is 29.0 Å². The number of nitrogens with zero attached hydrogens (tertiary/aromatic N) is 5. The summed E-state index contributed by atoms with van der Waals surface area (Å²) >= 11 is 6.05. The molecule has 0 spiro atoms. The van der Waals surface area contributed by atoms with Crippen molar-refractivity contribution in [1.29, 1.82) is 0 Å². The van der Waals surface area contributed by atoms with E-state index in [4.69, 9.17) is 22.3 Å². The van der Waals surface area contributed by atoms with E-state index in [1.54, 1.807) is 16.8 Å². The van der Waals surface area contributed by atoms with Gasteiger partial charge < -0.3 is 16.0 Å². The van der Waals surface area contributed by atoms with E-state index in [9.17, 15) is 4.39 Å². The maximum absolute atomic E-state index is 13.8. The minimum absolute atomic E-state index is 0.0330. The van der Waals surface area contributed by atoms with Crippen molar-refractivity contribution < 1.29 is 4.39 Å². The van der Waals surface area contributed by atoms with Crippen LogP contribution < -0.4 is 11.1 Å². The smallest absolute Gasteiger partial charge is 0.225 e. The van der Waals surface area contributed by atoms with Crippen molar-refractivity contribution in [1.82, 2.24) is 24.6 Å². The van der Waals surface area contributed by atoms with Gasteiger partial charge in [-0.2, -0.15) is 4.98 Å². The Hall–Kier alpha value is -2.45. The van der Waals surface area contributed by atoms with Crippen LogP contribution in [0.1, 0.15) is 40.0 Å². The molecule has 4 rings (SSSR count). The van der Waals surface area contributed by atoms with E-state index in [0.29, 0.717) is 34.1 Å². The summed E-state index contributed by atoms with van der Waals surface area (Å²) in [5.41, 5.74) is 7.88. The van der Waals surface area contributed by atoms with Crippen molar-refractivity contribution in [2.45, 2.75) is 45.6 Å². The van der Waals surface area contributed by atoms with Crippen LogP contribution >= 0.6 is 11.6 Å². The van der Waals surface area contributed by atoms with Crippen molar-refractivity contribution in [2.75, 3.05) is 37.2 Å². The first kappa shape index (κ1) is 21.8. The number of nitrogens with two attached hydrogens (primary N) is 1. The zero-order chi connectivity index (χ0) is 22.2. The second-order valence-corrected chi connectivity index (χ2v) is 9.43. The molecule has 0 radical (unpaired) electrons. The first-order chi connectivity index (χ1) is 14.7. The number of halogens is 2. The quantitative estimate of drug-likeness (QED) is 0.600. The fraction of sp³-hybridized carbons (Fsp3) is 0.500. The zero-order valence-corrected chi connectivity index (χ0v) is 19.0. The predicted molar refractivity (Wildman–Crippen MR) is 124 cm³/mol. The number of nitrogen functional groups attached to an aromatic ring is 1. The van der Waals surface area contributed by atoms with E-state index in [-0.39, 0.29) is 10.6 Å². The maximum Gasteiger partial charge on any atom is 0.225 e. The van der Waals surface area contributed by atoms with Crippen LogP contribution in [0.3, 0.4) is 0 Å². The van der Waals surface area contributed by atoms with Crippen LogP contribution in [0.5, 0.6) is 0 Å². The molecule has 0 unspecified atom stereocenters. The highest BCUT2D eigenvalue weighted by Gasteiger charge is 2.24. The largest absolute Gasteiger partial charge is 0.383 e. The number of anilines is 2. The number of hydrogen-bond acceptors (Lipinski definition) is 6. The lowest BCUT2D eigenvalue weighted by Gasteiger charge is -2.26. The molecular weight excluding hydrogens is 417 g/mol. The van der Waals surface area contributed by atoms with Gasteiger partial charge in [0.05, 0.1) is 21.6 Å². The van der Waals surface area contributed by atoms with E-state index in [0.717, 1.165) is 26.2 Å². The van der Waals surface area contributed by atoms with Gasteiger partial charge >= 0.3 is 0 Å². The molecule has 3 N–H and O–H groups in total. The van der Waals surface area contributed by atoms with E-state index in [1.165, 1.54) is 25.3 Å². The third-order valence-corrected chi connectivity index (χ3v) is 5.85. The van der Waals surface area contributed by atoms with Crippen LogP contribution in [-0.2, 0) is 5.54 Å². The van der Waals surface area contributed by atoms with E-state index < -0.39 is 5.82 Å². The first-order valence-electron chi connectivity index (χ1n) is 10.7. The van der Waals surface area contributed by atoms with Crippen molar-refractivity contribution >= 4 is 34.4 Å². The molecule has 9 heteroatoms. The van der Waals surface area contributed by atoms with Gasteiger partial charge in [0.25, 0.3) is 0 Å². The molecule has 7 nitrogen and oxygen atoms in total. The van der Waals surface area contributed by atoms with Gasteiger partial charge in [0.1, 0.15) is 11.6 Å². The van der Waals surface area contributed by atoms with Crippen LogP contribution in [-0.4, -0.2) is 50.8 Å². The Morgan fingerprint density at radius 1 is 1.16 bits per heavy atom. The fourth-order valence-electron chi connectivity index (χ4n) is 3.96. The summed E-state index contributed by atoms with van der Waals surface area (Å²) in [5.74, 6) is 0.463. The SMILES string of the molecule is CC(C)(C)n1nc2nc(NCCN3CCCCC3)nc(-c3ccc(F)c(Cl)c3)c2c1N. The molecule has 1 aromatic carbocycles. The van der Waals surface area contributed by atoms with Crippen molar-refractivity contribution in [2.24, 2.45) is 0 Å². The minimum atomic E-state index is -0.478. The topological polar surface area (TPSA) is 84.9 Å². The highest BCUT2D eigenvalue weighted by Crippen LogP contribution is 2.35. The summed E-state index contributed by atoms with van der Waals surface area (Å²) in [5, 5.41) is 8.65. The molecule has 1 aliphatic rings. The number of hydrogen-bond donors (Lipinski definition) is 2. The van der Waals surface area contributed by atoms with Gasteiger partial charge in [0.15, 0.2) is 5.65 Å². The lowest BCUT2D eigenvalue weighted by molar-refractivity contribution is 0.237. The molecule has 0 bridgehead atoms. The van der Waals surface area contributed by atoms with E-state index in [1.807, 2.05) is 20.8 Å².